The maximum absolute atomic E-state index is 11.3. The third-order valence-electron chi connectivity index (χ3n) is 8.95. The van der Waals surface area contributed by atoms with Crippen LogP contribution in [0.3, 0.4) is 0 Å². The predicted octanol–water partition coefficient (Wildman–Crippen LogP) is 1.03. The first-order valence-electron chi connectivity index (χ1n) is 16.4. The number of carbonyl (C=O) groups is 3. The van der Waals surface area contributed by atoms with E-state index in [0.29, 0.717) is 16.7 Å². The summed E-state index contributed by atoms with van der Waals surface area (Å²) in [5.41, 5.74) is 1.31. The summed E-state index contributed by atoms with van der Waals surface area (Å²) in [6, 6.07) is 9.50. The summed E-state index contributed by atoms with van der Waals surface area (Å²) >= 11 is 0. The van der Waals surface area contributed by atoms with Gasteiger partial charge in [-0.3, -0.25) is 0 Å². The van der Waals surface area contributed by atoms with Crippen LogP contribution in [0.25, 0.3) is 0 Å². The Morgan fingerprint density at radius 3 is 0.963 bits per heavy atom. The smallest absolute Gasteiger partial charge is 0.523 e. The summed E-state index contributed by atoms with van der Waals surface area (Å²) < 4.78 is 30.5. The van der Waals surface area contributed by atoms with Gasteiger partial charge in [-0.1, -0.05) is 18.2 Å². The van der Waals surface area contributed by atoms with E-state index < -0.39 is 39.3 Å². The van der Waals surface area contributed by atoms with Crippen molar-refractivity contribution in [2.75, 3.05) is 41.2 Å². The highest BCUT2D eigenvalue weighted by molar-refractivity contribution is 6.45. The number of hydrogen-bond donors (Lipinski definition) is 9. The SMILES string of the molecule is COc1ccc2c(c1C(=O)O)OB(O)CC2CO.COc1ccc2c(c1C(=O)O)OB(O)C[C@@H]2CO.COc1ccc2c(c1C(=O)O)OB(O)C[C@H]2CO. The molecule has 3 atom stereocenters. The van der Waals surface area contributed by atoms with Gasteiger partial charge in [-0.25, -0.2) is 14.4 Å². The molecule has 3 aromatic carbocycles. The van der Waals surface area contributed by atoms with Gasteiger partial charge < -0.3 is 73.9 Å². The molecule has 0 saturated heterocycles. The number of hydrogen-bond acceptors (Lipinski definition) is 15. The Bertz CT molecular complexity index is 1630. The van der Waals surface area contributed by atoms with Crippen molar-refractivity contribution in [2.24, 2.45) is 0 Å². The number of carboxylic acids is 3. The Kier molecular flexibility index (Phi) is 14.0. The van der Waals surface area contributed by atoms with Crippen LogP contribution in [0.5, 0.6) is 34.5 Å². The Labute approximate surface area is 309 Å². The van der Waals surface area contributed by atoms with Gasteiger partial charge in [0.25, 0.3) is 0 Å². The maximum atomic E-state index is 11.3. The minimum atomic E-state index is -1.20. The van der Waals surface area contributed by atoms with Crippen molar-refractivity contribution in [3.8, 4) is 34.5 Å². The Balaban J connectivity index is 0.000000180. The Morgan fingerprint density at radius 1 is 0.537 bits per heavy atom. The average Bonchev–Trinajstić information content (AvgIpc) is 3.15. The number of rotatable bonds is 9. The van der Waals surface area contributed by atoms with E-state index in [9.17, 15) is 60.1 Å². The molecular weight excluding hydrogens is 717 g/mol. The van der Waals surface area contributed by atoms with Crippen molar-refractivity contribution >= 4 is 39.3 Å². The summed E-state index contributed by atoms with van der Waals surface area (Å²) in [7, 11) is 0.699. The van der Waals surface area contributed by atoms with Crippen LogP contribution in [0, 0.1) is 0 Å². The standard InChI is InChI=1S/3C11H13BO6/c3*1-17-8-3-2-7-6(5-13)4-12(16)18-10(7)9(8)11(14)15/h3*2-3,6,13,16H,4-5H2,1H3,(H,14,15)/t2*6-;/m10./s1. The van der Waals surface area contributed by atoms with E-state index in [-0.39, 0.29) is 108 Å². The van der Waals surface area contributed by atoms with Crippen molar-refractivity contribution in [2.45, 2.75) is 36.7 Å². The highest BCUT2D eigenvalue weighted by Gasteiger charge is 2.38. The molecule has 3 aliphatic heterocycles. The summed E-state index contributed by atoms with van der Waals surface area (Å²) in [5.74, 6) is -3.93. The molecule has 0 radical (unpaired) electrons. The largest absolute Gasteiger partial charge is 0.535 e. The number of aliphatic hydroxyl groups is 3. The number of aromatic carboxylic acids is 3. The van der Waals surface area contributed by atoms with Crippen molar-refractivity contribution in [3.63, 3.8) is 0 Å². The van der Waals surface area contributed by atoms with Crippen molar-refractivity contribution < 1.29 is 88.3 Å². The first-order valence-corrected chi connectivity index (χ1v) is 16.4. The van der Waals surface area contributed by atoms with Crippen LogP contribution in [-0.4, -0.2) is 126 Å². The van der Waals surface area contributed by atoms with E-state index in [4.69, 9.17) is 28.2 Å². The van der Waals surface area contributed by atoms with Crippen molar-refractivity contribution in [1.29, 1.82) is 0 Å². The quantitative estimate of drug-likeness (QED) is 0.138. The number of methoxy groups -OCH3 is 3. The van der Waals surface area contributed by atoms with E-state index in [1.54, 1.807) is 18.2 Å². The molecule has 0 saturated carbocycles. The van der Waals surface area contributed by atoms with Gasteiger partial charge in [0.15, 0.2) is 0 Å². The van der Waals surface area contributed by atoms with E-state index in [1.807, 2.05) is 0 Å². The summed E-state index contributed by atoms with van der Waals surface area (Å²) in [6.45, 7) is -0.545. The summed E-state index contributed by atoms with van der Waals surface area (Å²) in [6.07, 6.45) is 0.693. The fourth-order valence-corrected chi connectivity index (χ4v) is 6.39. The molecular formula is C33H39B3O18. The van der Waals surface area contributed by atoms with Gasteiger partial charge in [-0.15, -0.1) is 0 Å². The minimum Gasteiger partial charge on any atom is -0.535 e. The summed E-state index contributed by atoms with van der Waals surface area (Å²) in [4.78, 5) is 33.8. The third-order valence-corrected chi connectivity index (χ3v) is 8.95. The van der Waals surface area contributed by atoms with Crippen LogP contribution in [0.15, 0.2) is 36.4 Å². The van der Waals surface area contributed by atoms with Gasteiger partial charge in [0.1, 0.15) is 51.2 Å². The topological polar surface area (TPSA) is 289 Å². The Morgan fingerprint density at radius 2 is 0.778 bits per heavy atom. The lowest BCUT2D eigenvalue weighted by Gasteiger charge is -2.28. The van der Waals surface area contributed by atoms with Crippen LogP contribution in [0.1, 0.15) is 65.5 Å². The molecule has 3 heterocycles. The molecule has 18 nitrogen and oxygen atoms in total. The number of ether oxygens (including phenoxy) is 3. The highest BCUT2D eigenvalue weighted by atomic mass is 16.5. The first-order chi connectivity index (χ1) is 25.7. The Hall–Kier alpha value is -5.18. The molecule has 0 amide bonds. The second kappa shape index (κ2) is 18.2. The molecule has 6 rings (SSSR count). The fourth-order valence-electron chi connectivity index (χ4n) is 6.39. The highest BCUT2D eigenvalue weighted by Crippen LogP contribution is 2.44. The molecule has 54 heavy (non-hydrogen) atoms. The number of carboxylic acid groups (broad SMARTS) is 3. The lowest BCUT2D eigenvalue weighted by Crippen LogP contribution is -2.31. The van der Waals surface area contributed by atoms with Crippen LogP contribution in [0.4, 0.5) is 0 Å². The zero-order chi connectivity index (χ0) is 39.9. The lowest BCUT2D eigenvalue weighted by atomic mass is 9.72. The second-order valence-electron chi connectivity index (χ2n) is 12.2. The van der Waals surface area contributed by atoms with E-state index in [0.717, 1.165) is 0 Å². The van der Waals surface area contributed by atoms with Crippen LogP contribution in [-0.2, 0) is 0 Å². The molecule has 0 aromatic heterocycles. The monoisotopic (exact) mass is 756 g/mol. The molecule has 0 fully saturated rings. The normalized spacial score (nSPS) is 17.9. The van der Waals surface area contributed by atoms with E-state index in [2.05, 4.69) is 0 Å². The number of aliphatic hydroxyl groups excluding tert-OH is 3. The van der Waals surface area contributed by atoms with Gasteiger partial charge in [0, 0.05) is 56.5 Å². The predicted molar refractivity (Wildman–Crippen MR) is 190 cm³/mol. The zero-order valence-corrected chi connectivity index (χ0v) is 29.4. The van der Waals surface area contributed by atoms with Crippen molar-refractivity contribution in [3.05, 3.63) is 69.8 Å². The molecule has 3 aliphatic rings. The molecule has 0 bridgehead atoms. The lowest BCUT2D eigenvalue weighted by molar-refractivity contribution is 0.0678. The minimum absolute atomic E-state index is 0.0691. The van der Waals surface area contributed by atoms with Crippen molar-refractivity contribution in [1.82, 2.24) is 0 Å². The van der Waals surface area contributed by atoms with Crippen LogP contribution in [0.2, 0.25) is 19.0 Å². The molecule has 3 aromatic rings. The molecule has 288 valence electrons. The van der Waals surface area contributed by atoms with Gasteiger partial charge >= 0.3 is 39.3 Å². The van der Waals surface area contributed by atoms with E-state index in [1.165, 1.54) is 39.5 Å². The molecule has 1 unspecified atom stereocenters. The van der Waals surface area contributed by atoms with Gasteiger partial charge in [0.2, 0.25) is 0 Å². The fraction of sp³-hybridized carbons (Fsp3) is 0.364. The molecule has 0 spiro atoms. The second-order valence-corrected chi connectivity index (χ2v) is 12.2. The molecule has 21 heteroatoms. The maximum Gasteiger partial charge on any atom is 0.523 e. The van der Waals surface area contributed by atoms with Crippen LogP contribution < -0.4 is 28.2 Å². The molecule has 0 aliphatic carbocycles. The van der Waals surface area contributed by atoms with Gasteiger partial charge in [-0.2, -0.15) is 0 Å². The zero-order valence-electron chi connectivity index (χ0n) is 29.4. The van der Waals surface area contributed by atoms with E-state index >= 15 is 0 Å². The molecule has 9 N–H and O–H groups in total. The third kappa shape index (κ3) is 8.78. The van der Waals surface area contributed by atoms with Gasteiger partial charge in [-0.05, 0) is 34.9 Å². The number of benzene rings is 3. The van der Waals surface area contributed by atoms with Crippen LogP contribution >= 0.6 is 0 Å². The first kappa shape index (κ1) is 41.6. The van der Waals surface area contributed by atoms with Gasteiger partial charge in [0.05, 0.1) is 21.3 Å². The number of fused-ring (bicyclic) bond motifs is 3. The summed E-state index contributed by atoms with van der Waals surface area (Å²) in [5, 5.41) is 84.1. The average molecular weight is 756 g/mol.